The number of benzene rings is 1. The molecule has 8 heteroatoms. The molecule has 0 fully saturated rings. The van der Waals surface area contributed by atoms with Gasteiger partial charge < -0.3 is 14.6 Å². The van der Waals surface area contributed by atoms with Crippen LogP contribution in [0.3, 0.4) is 0 Å². The van der Waals surface area contributed by atoms with Crippen LogP contribution in [0.5, 0.6) is 11.5 Å². The molecule has 0 saturated heterocycles. The molecule has 1 aliphatic heterocycles. The van der Waals surface area contributed by atoms with E-state index < -0.39 is 25.2 Å². The maximum absolute atomic E-state index is 12.4. The molecule has 0 aliphatic carbocycles. The topological polar surface area (TPSA) is 59.0 Å². The largest absolute Gasteiger partial charge is 0.480 e. The van der Waals surface area contributed by atoms with Crippen LogP contribution in [0.2, 0.25) is 0 Å². The van der Waals surface area contributed by atoms with Crippen LogP contribution >= 0.6 is 0 Å². The molecular weight excluding hydrogens is 279 g/mol. The minimum Gasteiger partial charge on any atom is -0.480 e. The number of ether oxygens (including phenoxy) is 2. The third-order valence-corrected chi connectivity index (χ3v) is 2.63. The first kappa shape index (κ1) is 14.4. The highest BCUT2D eigenvalue weighted by atomic mass is 19.4. The molecule has 0 radical (unpaired) electrons. The van der Waals surface area contributed by atoms with Gasteiger partial charge in [0.15, 0.2) is 11.5 Å². The Morgan fingerprint density at radius 2 is 2.10 bits per heavy atom. The highest BCUT2D eigenvalue weighted by molar-refractivity contribution is 5.69. The van der Waals surface area contributed by atoms with E-state index in [0.29, 0.717) is 17.1 Å². The average molecular weight is 291 g/mol. The average Bonchev–Trinajstić information content (AvgIpc) is 2.74. The third kappa shape index (κ3) is 3.77. The van der Waals surface area contributed by atoms with Crippen LogP contribution < -0.4 is 9.47 Å². The fourth-order valence-corrected chi connectivity index (χ4v) is 1.97. The van der Waals surface area contributed by atoms with Gasteiger partial charge in [-0.3, -0.25) is 9.69 Å². The molecule has 0 aromatic heterocycles. The Morgan fingerprint density at radius 1 is 1.35 bits per heavy atom. The zero-order valence-corrected chi connectivity index (χ0v) is 10.3. The summed E-state index contributed by atoms with van der Waals surface area (Å²) in [4.78, 5) is 11.4. The van der Waals surface area contributed by atoms with Gasteiger partial charge in [0.05, 0.1) is 13.1 Å². The van der Waals surface area contributed by atoms with Gasteiger partial charge in [-0.05, 0) is 6.07 Å². The molecule has 1 N–H and O–H groups in total. The quantitative estimate of drug-likeness (QED) is 0.897. The highest BCUT2D eigenvalue weighted by Crippen LogP contribution is 2.36. The van der Waals surface area contributed by atoms with Crippen molar-refractivity contribution in [2.75, 3.05) is 19.9 Å². The lowest BCUT2D eigenvalue weighted by atomic mass is 10.1. The number of aliphatic carboxylic acids is 1. The Hall–Kier alpha value is -1.96. The van der Waals surface area contributed by atoms with E-state index in [2.05, 4.69) is 0 Å². The molecule has 110 valence electrons. The first-order chi connectivity index (χ1) is 9.35. The van der Waals surface area contributed by atoms with Crippen LogP contribution in [0.1, 0.15) is 5.56 Å². The standard InChI is InChI=1S/C12H12F3NO4/c13-12(14,15)6-16(5-10(17)18)4-8-2-1-3-9-11(8)20-7-19-9/h1-3H,4-7H2,(H,17,18). The van der Waals surface area contributed by atoms with Crippen LogP contribution in [0.15, 0.2) is 18.2 Å². The van der Waals surface area contributed by atoms with E-state index in [9.17, 15) is 18.0 Å². The summed E-state index contributed by atoms with van der Waals surface area (Å²) in [5.41, 5.74) is 0.463. The number of para-hydroxylation sites is 1. The van der Waals surface area contributed by atoms with Crippen molar-refractivity contribution in [3.8, 4) is 11.5 Å². The number of carboxylic acid groups (broad SMARTS) is 1. The smallest absolute Gasteiger partial charge is 0.401 e. The van der Waals surface area contributed by atoms with Crippen molar-refractivity contribution in [1.82, 2.24) is 4.90 Å². The summed E-state index contributed by atoms with van der Waals surface area (Å²) in [6.45, 7) is -2.18. The minimum absolute atomic E-state index is 0.00451. The number of hydrogen-bond acceptors (Lipinski definition) is 4. The fraction of sp³-hybridized carbons (Fsp3) is 0.417. The van der Waals surface area contributed by atoms with E-state index in [1.807, 2.05) is 0 Å². The van der Waals surface area contributed by atoms with Crippen molar-refractivity contribution >= 4 is 5.97 Å². The van der Waals surface area contributed by atoms with E-state index in [1.54, 1.807) is 18.2 Å². The van der Waals surface area contributed by atoms with E-state index >= 15 is 0 Å². The highest BCUT2D eigenvalue weighted by Gasteiger charge is 2.32. The Bertz CT molecular complexity index is 504. The molecule has 1 aromatic carbocycles. The molecular formula is C12H12F3NO4. The van der Waals surface area contributed by atoms with Gasteiger partial charge in [0.1, 0.15) is 0 Å². The van der Waals surface area contributed by atoms with Gasteiger partial charge in [-0.1, -0.05) is 12.1 Å². The van der Waals surface area contributed by atoms with E-state index in [4.69, 9.17) is 14.6 Å². The van der Waals surface area contributed by atoms with Crippen molar-refractivity contribution < 1.29 is 32.5 Å². The molecule has 1 aliphatic rings. The number of fused-ring (bicyclic) bond motifs is 1. The number of nitrogens with zero attached hydrogens (tertiary/aromatic N) is 1. The summed E-state index contributed by atoms with van der Waals surface area (Å²) in [7, 11) is 0. The van der Waals surface area contributed by atoms with Gasteiger partial charge in [0.25, 0.3) is 0 Å². The molecule has 0 saturated carbocycles. The predicted molar refractivity (Wildman–Crippen MR) is 61.5 cm³/mol. The summed E-state index contributed by atoms with van der Waals surface area (Å²) in [5.74, 6) is -0.506. The SMILES string of the molecule is O=C(O)CN(Cc1cccc2c1OCO2)CC(F)(F)F. The van der Waals surface area contributed by atoms with E-state index in [-0.39, 0.29) is 13.3 Å². The lowest BCUT2D eigenvalue weighted by molar-refractivity contribution is -0.154. The monoisotopic (exact) mass is 291 g/mol. The summed E-state index contributed by atoms with van der Waals surface area (Å²) >= 11 is 0. The summed E-state index contributed by atoms with van der Waals surface area (Å²) < 4.78 is 47.6. The first-order valence-electron chi connectivity index (χ1n) is 5.73. The van der Waals surface area contributed by atoms with Crippen molar-refractivity contribution in [3.05, 3.63) is 23.8 Å². The number of alkyl halides is 3. The van der Waals surface area contributed by atoms with Gasteiger partial charge in [-0.15, -0.1) is 0 Å². The molecule has 0 amide bonds. The third-order valence-electron chi connectivity index (χ3n) is 2.63. The Kier molecular flexibility index (Phi) is 4.03. The first-order valence-corrected chi connectivity index (χ1v) is 5.73. The predicted octanol–water partition coefficient (Wildman–Crippen LogP) is 1.86. The second kappa shape index (κ2) is 5.58. The summed E-state index contributed by atoms with van der Waals surface area (Å²) in [6.07, 6.45) is -4.47. The van der Waals surface area contributed by atoms with Crippen LogP contribution in [0.25, 0.3) is 0 Å². The molecule has 2 rings (SSSR count). The van der Waals surface area contributed by atoms with Gasteiger partial charge in [0.2, 0.25) is 6.79 Å². The number of hydrogen-bond donors (Lipinski definition) is 1. The van der Waals surface area contributed by atoms with Gasteiger partial charge in [-0.2, -0.15) is 13.2 Å². The Morgan fingerprint density at radius 3 is 2.75 bits per heavy atom. The maximum Gasteiger partial charge on any atom is 0.401 e. The van der Waals surface area contributed by atoms with Gasteiger partial charge in [-0.25, -0.2) is 0 Å². The van der Waals surface area contributed by atoms with Crippen LogP contribution in [0.4, 0.5) is 13.2 Å². The molecule has 1 aromatic rings. The molecule has 0 unspecified atom stereocenters. The molecule has 5 nitrogen and oxygen atoms in total. The Balaban J connectivity index is 2.15. The fourth-order valence-electron chi connectivity index (χ4n) is 1.97. The number of carbonyl (C=O) groups is 1. The molecule has 1 heterocycles. The summed E-state index contributed by atoms with van der Waals surface area (Å²) in [6, 6.07) is 4.84. The van der Waals surface area contributed by atoms with Crippen LogP contribution in [0, 0.1) is 0 Å². The second-order valence-electron chi connectivity index (χ2n) is 4.31. The molecule has 0 atom stereocenters. The molecule has 0 bridgehead atoms. The minimum atomic E-state index is -4.47. The number of halogens is 3. The van der Waals surface area contributed by atoms with Crippen LogP contribution in [-0.2, 0) is 11.3 Å². The lowest BCUT2D eigenvalue weighted by Crippen LogP contribution is -2.37. The van der Waals surface area contributed by atoms with Gasteiger partial charge >= 0.3 is 12.1 Å². The van der Waals surface area contributed by atoms with E-state index in [0.717, 1.165) is 4.90 Å². The number of carboxylic acids is 1. The number of rotatable bonds is 5. The second-order valence-corrected chi connectivity index (χ2v) is 4.31. The van der Waals surface area contributed by atoms with Crippen molar-refractivity contribution in [3.63, 3.8) is 0 Å². The Labute approximate surface area is 112 Å². The van der Waals surface area contributed by atoms with Gasteiger partial charge in [0, 0.05) is 12.1 Å². The molecule has 20 heavy (non-hydrogen) atoms. The van der Waals surface area contributed by atoms with Crippen molar-refractivity contribution in [1.29, 1.82) is 0 Å². The van der Waals surface area contributed by atoms with Crippen molar-refractivity contribution in [2.24, 2.45) is 0 Å². The summed E-state index contributed by atoms with van der Waals surface area (Å²) in [5, 5.41) is 8.69. The lowest BCUT2D eigenvalue weighted by Gasteiger charge is -2.22. The van der Waals surface area contributed by atoms with Crippen molar-refractivity contribution in [2.45, 2.75) is 12.7 Å². The van der Waals surface area contributed by atoms with E-state index in [1.165, 1.54) is 0 Å². The van der Waals surface area contributed by atoms with Crippen LogP contribution in [-0.4, -0.2) is 42.0 Å². The normalized spacial score (nSPS) is 13.8. The maximum atomic E-state index is 12.4. The zero-order valence-electron chi connectivity index (χ0n) is 10.3. The zero-order chi connectivity index (χ0) is 14.8. The molecule has 0 spiro atoms.